The topological polar surface area (TPSA) is 115 Å². The number of carbonyl (C=O) groups excluding carboxylic acids is 1. The van der Waals surface area contributed by atoms with Crippen LogP contribution < -0.4 is 15.6 Å². The summed E-state index contributed by atoms with van der Waals surface area (Å²) >= 11 is 0. The molecule has 0 bridgehead atoms. The second kappa shape index (κ2) is 8.77. The number of ketones is 1. The molecule has 10 nitrogen and oxygen atoms in total. The van der Waals surface area contributed by atoms with E-state index in [0.717, 1.165) is 36.7 Å². The van der Waals surface area contributed by atoms with E-state index >= 15 is 0 Å². The fourth-order valence-corrected chi connectivity index (χ4v) is 5.04. The van der Waals surface area contributed by atoms with Gasteiger partial charge in [0, 0.05) is 49.8 Å². The van der Waals surface area contributed by atoms with E-state index in [2.05, 4.69) is 19.9 Å². The van der Waals surface area contributed by atoms with Crippen molar-refractivity contribution in [1.82, 2.24) is 19.5 Å². The fraction of sp³-hybridized carbons (Fsp3) is 0.400. The van der Waals surface area contributed by atoms with E-state index in [4.69, 9.17) is 14.1 Å². The third-order valence-electron chi connectivity index (χ3n) is 6.76. The van der Waals surface area contributed by atoms with Gasteiger partial charge in [0.1, 0.15) is 5.65 Å². The molecule has 0 atom stereocenters. The van der Waals surface area contributed by atoms with Gasteiger partial charge in [-0.05, 0) is 18.9 Å². The van der Waals surface area contributed by atoms with Crippen molar-refractivity contribution in [3.8, 4) is 0 Å². The average molecular weight is 475 g/mol. The Hall–Kier alpha value is -3.79. The molecule has 2 fully saturated rings. The largest absolute Gasteiger partial charge is 0.439 e. The molecular formula is C25H26N6O4. The molecule has 0 radical (unpaired) electrons. The number of morpholine rings is 1. The second-order valence-electron chi connectivity index (χ2n) is 9.11. The first kappa shape index (κ1) is 21.7. The van der Waals surface area contributed by atoms with Crippen LogP contribution in [0.2, 0.25) is 0 Å². The molecule has 0 amide bonds. The van der Waals surface area contributed by atoms with Gasteiger partial charge in [-0.1, -0.05) is 12.8 Å². The smallest absolute Gasteiger partial charge is 0.229 e. The highest BCUT2D eigenvalue weighted by Crippen LogP contribution is 2.34. The Labute approximate surface area is 200 Å². The van der Waals surface area contributed by atoms with Gasteiger partial charge >= 0.3 is 0 Å². The summed E-state index contributed by atoms with van der Waals surface area (Å²) in [6.45, 7) is 4.10. The molecule has 180 valence electrons. The van der Waals surface area contributed by atoms with Crippen molar-refractivity contribution in [3.05, 3.63) is 46.5 Å². The number of nitrogens with zero attached hydrogens (tertiary/aromatic N) is 5. The van der Waals surface area contributed by atoms with E-state index in [1.807, 2.05) is 11.0 Å². The van der Waals surface area contributed by atoms with Gasteiger partial charge in [-0.25, -0.2) is 9.97 Å². The Morgan fingerprint density at radius 1 is 1.09 bits per heavy atom. The minimum atomic E-state index is -0.192. The van der Waals surface area contributed by atoms with Gasteiger partial charge in [0.05, 0.1) is 30.8 Å². The standard InChI is InChI=1S/C25H26N6O4/c1-15(32)19-10-16-13-27-25(29-24(16)31(19)18-4-2-3-5-18)28-17-11-21-23(26-14-17)20(33)12-22(35-21)30-6-8-34-9-7-30/h10-14,18H,2-9H2,1H3,(H,27,28,29). The fourth-order valence-electron chi connectivity index (χ4n) is 5.04. The SMILES string of the molecule is CC(=O)c1cc2cnc(Nc3cnc4c(=O)cc(N5CCOCC5)oc4c3)nc2n1C1CCCC1. The Bertz CT molecular complexity index is 1480. The first-order chi connectivity index (χ1) is 17.1. The number of fused-ring (bicyclic) bond motifs is 2. The van der Waals surface area contributed by atoms with Crippen LogP contribution in [0.15, 0.2) is 39.8 Å². The number of carbonyl (C=O) groups is 1. The molecule has 1 N–H and O–H groups in total. The van der Waals surface area contributed by atoms with Gasteiger partial charge in [0.25, 0.3) is 0 Å². The van der Waals surface area contributed by atoms with Gasteiger partial charge in [-0.3, -0.25) is 9.59 Å². The van der Waals surface area contributed by atoms with Crippen LogP contribution in [0.3, 0.4) is 0 Å². The number of anilines is 3. The Morgan fingerprint density at radius 3 is 2.66 bits per heavy atom. The first-order valence-electron chi connectivity index (χ1n) is 12.0. The van der Waals surface area contributed by atoms with Gasteiger partial charge in [0.15, 0.2) is 22.8 Å². The molecule has 6 rings (SSSR count). The number of ether oxygens (including phenoxy) is 1. The molecule has 4 aromatic rings. The summed E-state index contributed by atoms with van der Waals surface area (Å²) in [6.07, 6.45) is 7.67. The quantitative estimate of drug-likeness (QED) is 0.431. The van der Waals surface area contributed by atoms with Crippen molar-refractivity contribution in [2.24, 2.45) is 0 Å². The van der Waals surface area contributed by atoms with Crippen molar-refractivity contribution in [2.75, 3.05) is 36.5 Å². The predicted octanol–water partition coefficient (Wildman–Crippen LogP) is 3.83. The molecule has 4 aromatic heterocycles. The zero-order valence-electron chi connectivity index (χ0n) is 19.5. The summed E-state index contributed by atoms with van der Waals surface area (Å²) in [5.41, 5.74) is 2.48. The molecule has 10 heteroatoms. The molecule has 0 unspecified atom stereocenters. The van der Waals surface area contributed by atoms with Crippen molar-refractivity contribution < 1.29 is 13.9 Å². The summed E-state index contributed by atoms with van der Waals surface area (Å²) in [7, 11) is 0. The van der Waals surface area contributed by atoms with Crippen LogP contribution in [0.25, 0.3) is 22.1 Å². The van der Waals surface area contributed by atoms with Crippen LogP contribution >= 0.6 is 0 Å². The summed E-state index contributed by atoms with van der Waals surface area (Å²) < 4.78 is 13.5. The number of pyridine rings is 1. The van der Waals surface area contributed by atoms with Gasteiger partial charge in [-0.2, -0.15) is 4.98 Å². The zero-order valence-corrected chi connectivity index (χ0v) is 19.5. The number of aromatic nitrogens is 4. The molecular weight excluding hydrogens is 448 g/mol. The Morgan fingerprint density at radius 2 is 1.89 bits per heavy atom. The van der Waals surface area contributed by atoms with Crippen LogP contribution in [0.5, 0.6) is 0 Å². The molecule has 5 heterocycles. The van der Waals surface area contributed by atoms with E-state index in [0.29, 0.717) is 55.1 Å². The number of Topliss-reactive ketones (excluding diaryl/α,β-unsaturated/α-hetero) is 1. The highest BCUT2D eigenvalue weighted by molar-refractivity contribution is 5.98. The lowest BCUT2D eigenvalue weighted by molar-refractivity contribution is 0.100. The Kier molecular flexibility index (Phi) is 5.44. The normalized spacial score (nSPS) is 16.9. The molecule has 2 aliphatic rings. The highest BCUT2D eigenvalue weighted by atomic mass is 16.5. The summed E-state index contributed by atoms with van der Waals surface area (Å²) in [6, 6.07) is 5.36. The molecule has 1 saturated heterocycles. The van der Waals surface area contributed by atoms with Crippen molar-refractivity contribution in [1.29, 1.82) is 0 Å². The van der Waals surface area contributed by atoms with Crippen molar-refractivity contribution in [3.63, 3.8) is 0 Å². The van der Waals surface area contributed by atoms with Crippen LogP contribution in [0, 0.1) is 0 Å². The predicted molar refractivity (Wildman–Crippen MR) is 132 cm³/mol. The molecule has 0 spiro atoms. The maximum absolute atomic E-state index is 12.6. The molecule has 1 saturated carbocycles. The minimum Gasteiger partial charge on any atom is -0.439 e. The Balaban J connectivity index is 1.36. The number of nitrogens with one attached hydrogen (secondary N) is 1. The van der Waals surface area contributed by atoms with Gasteiger partial charge in [-0.15, -0.1) is 0 Å². The van der Waals surface area contributed by atoms with Crippen molar-refractivity contribution >= 4 is 45.4 Å². The maximum atomic E-state index is 12.6. The van der Waals surface area contributed by atoms with Crippen LogP contribution in [-0.4, -0.2) is 51.6 Å². The number of hydrogen-bond donors (Lipinski definition) is 1. The monoisotopic (exact) mass is 474 g/mol. The lowest BCUT2D eigenvalue weighted by Gasteiger charge is -2.27. The van der Waals surface area contributed by atoms with E-state index in [1.165, 1.54) is 6.07 Å². The number of hydrogen-bond acceptors (Lipinski definition) is 9. The highest BCUT2D eigenvalue weighted by Gasteiger charge is 2.24. The molecule has 35 heavy (non-hydrogen) atoms. The van der Waals surface area contributed by atoms with Gasteiger partial charge < -0.3 is 23.9 Å². The third kappa shape index (κ3) is 4.03. The first-order valence-corrected chi connectivity index (χ1v) is 12.0. The lowest BCUT2D eigenvalue weighted by atomic mass is 10.2. The minimum absolute atomic E-state index is 0.0224. The zero-order chi connectivity index (χ0) is 23.9. The van der Waals surface area contributed by atoms with E-state index in [-0.39, 0.29) is 22.8 Å². The lowest BCUT2D eigenvalue weighted by Crippen LogP contribution is -2.36. The van der Waals surface area contributed by atoms with Crippen molar-refractivity contribution in [2.45, 2.75) is 38.6 Å². The third-order valence-corrected chi connectivity index (χ3v) is 6.76. The van der Waals surface area contributed by atoms with E-state index in [1.54, 1.807) is 25.4 Å². The van der Waals surface area contributed by atoms with E-state index in [9.17, 15) is 9.59 Å². The maximum Gasteiger partial charge on any atom is 0.229 e. The average Bonchev–Trinajstić information content (AvgIpc) is 3.52. The molecule has 1 aliphatic heterocycles. The van der Waals surface area contributed by atoms with Crippen LogP contribution in [0.4, 0.5) is 17.5 Å². The molecule has 0 aromatic carbocycles. The summed E-state index contributed by atoms with van der Waals surface area (Å²) in [5, 5.41) is 4.02. The van der Waals surface area contributed by atoms with Crippen LogP contribution in [0.1, 0.15) is 49.1 Å². The second-order valence-corrected chi connectivity index (χ2v) is 9.11. The summed E-state index contributed by atoms with van der Waals surface area (Å²) in [4.78, 5) is 40.4. The summed E-state index contributed by atoms with van der Waals surface area (Å²) in [5.74, 6) is 0.917. The van der Waals surface area contributed by atoms with Gasteiger partial charge in [0.2, 0.25) is 11.4 Å². The molecule has 1 aliphatic carbocycles. The van der Waals surface area contributed by atoms with Crippen LogP contribution in [-0.2, 0) is 4.74 Å². The van der Waals surface area contributed by atoms with E-state index < -0.39 is 0 Å². The number of rotatable bonds is 5.